The number of nitrogens with two attached hydrogens (primary N) is 1. The van der Waals surface area contributed by atoms with Gasteiger partial charge in [0.25, 0.3) is 0 Å². The molecule has 0 aromatic carbocycles. The van der Waals surface area contributed by atoms with Crippen LogP contribution in [0.15, 0.2) is 18.7 Å². The van der Waals surface area contributed by atoms with Gasteiger partial charge in [0.15, 0.2) is 0 Å². The van der Waals surface area contributed by atoms with E-state index in [4.69, 9.17) is 5.73 Å². The monoisotopic (exact) mass is 234 g/mol. The number of piperidine rings is 1. The van der Waals surface area contributed by atoms with Crippen LogP contribution in [0.2, 0.25) is 0 Å². The molecule has 2 aliphatic rings. The molecular weight excluding hydrogens is 212 g/mol. The smallest absolute Gasteiger partial charge is 0.0945 e. The van der Waals surface area contributed by atoms with Gasteiger partial charge in [-0.3, -0.25) is 4.90 Å². The Balaban J connectivity index is 1.49. The normalized spacial score (nSPS) is 33.1. The molecule has 1 aromatic heterocycles. The minimum Gasteiger partial charge on any atom is -0.337 e. The fraction of sp³-hybridized carbons (Fsp3) is 0.769. The molecule has 2 saturated heterocycles. The third kappa shape index (κ3) is 2.38. The quantitative estimate of drug-likeness (QED) is 0.852. The number of hydrogen-bond acceptors (Lipinski definition) is 3. The highest BCUT2D eigenvalue weighted by molar-refractivity contribution is 4.96. The molecule has 17 heavy (non-hydrogen) atoms. The maximum Gasteiger partial charge on any atom is 0.0945 e. The summed E-state index contributed by atoms with van der Waals surface area (Å²) in [5, 5.41) is 0. The highest BCUT2D eigenvalue weighted by atomic mass is 15.2. The Morgan fingerprint density at radius 3 is 2.59 bits per heavy atom. The number of aromatic nitrogens is 2. The number of rotatable bonds is 4. The Morgan fingerprint density at radius 1 is 1.18 bits per heavy atom. The molecule has 2 bridgehead atoms. The van der Waals surface area contributed by atoms with Crippen LogP contribution in [0.4, 0.5) is 0 Å². The minimum absolute atomic E-state index is 0.456. The van der Waals surface area contributed by atoms with Gasteiger partial charge in [-0.15, -0.1) is 0 Å². The second kappa shape index (κ2) is 4.78. The first-order valence-electron chi connectivity index (χ1n) is 6.80. The van der Waals surface area contributed by atoms with Crippen molar-refractivity contribution in [3.8, 4) is 0 Å². The van der Waals surface area contributed by atoms with Crippen molar-refractivity contribution in [2.24, 2.45) is 5.73 Å². The van der Waals surface area contributed by atoms with Crippen molar-refractivity contribution >= 4 is 0 Å². The summed E-state index contributed by atoms with van der Waals surface area (Å²) < 4.78 is 2.16. The Hall–Kier alpha value is -0.870. The lowest BCUT2D eigenvalue weighted by molar-refractivity contribution is 0.124. The number of fused-ring (bicyclic) bond motifs is 2. The summed E-state index contributed by atoms with van der Waals surface area (Å²) in [6.45, 7) is 2.31. The van der Waals surface area contributed by atoms with Crippen LogP contribution in [-0.2, 0) is 6.54 Å². The maximum absolute atomic E-state index is 6.08. The predicted octanol–water partition coefficient (Wildman–Crippen LogP) is 1.23. The van der Waals surface area contributed by atoms with Crippen molar-refractivity contribution in [1.82, 2.24) is 14.5 Å². The average molecular weight is 234 g/mol. The topological polar surface area (TPSA) is 47.1 Å². The molecule has 3 heterocycles. The van der Waals surface area contributed by atoms with Gasteiger partial charge >= 0.3 is 0 Å². The van der Waals surface area contributed by atoms with Crippen LogP contribution in [0.3, 0.4) is 0 Å². The van der Waals surface area contributed by atoms with Gasteiger partial charge in [-0.1, -0.05) is 0 Å². The van der Waals surface area contributed by atoms with E-state index in [2.05, 4.69) is 14.5 Å². The third-order valence-corrected chi connectivity index (χ3v) is 4.31. The first kappa shape index (κ1) is 11.2. The number of hydrogen-bond donors (Lipinski definition) is 1. The van der Waals surface area contributed by atoms with Gasteiger partial charge in [0.05, 0.1) is 6.33 Å². The molecule has 0 amide bonds. The second-order valence-electron chi connectivity index (χ2n) is 5.51. The zero-order chi connectivity index (χ0) is 11.7. The van der Waals surface area contributed by atoms with Crippen molar-refractivity contribution in [3.63, 3.8) is 0 Å². The fourth-order valence-corrected chi connectivity index (χ4v) is 3.54. The molecule has 0 spiro atoms. The van der Waals surface area contributed by atoms with E-state index in [9.17, 15) is 0 Å². The van der Waals surface area contributed by atoms with Gasteiger partial charge in [0.2, 0.25) is 0 Å². The molecule has 2 aliphatic heterocycles. The Bertz CT molecular complexity index is 334. The molecule has 0 saturated carbocycles. The second-order valence-corrected chi connectivity index (χ2v) is 5.51. The molecule has 94 valence electrons. The highest BCUT2D eigenvalue weighted by Gasteiger charge is 2.38. The van der Waals surface area contributed by atoms with E-state index >= 15 is 0 Å². The molecule has 4 heteroatoms. The fourth-order valence-electron chi connectivity index (χ4n) is 3.54. The van der Waals surface area contributed by atoms with E-state index in [0.717, 1.165) is 18.6 Å². The lowest BCUT2D eigenvalue weighted by Crippen LogP contribution is -2.47. The summed E-state index contributed by atoms with van der Waals surface area (Å²) in [6.07, 6.45) is 12.2. The lowest BCUT2D eigenvalue weighted by Gasteiger charge is -2.37. The molecule has 0 radical (unpaired) electrons. The van der Waals surface area contributed by atoms with Crippen LogP contribution < -0.4 is 5.73 Å². The maximum atomic E-state index is 6.08. The summed E-state index contributed by atoms with van der Waals surface area (Å²) >= 11 is 0. The Labute approximate surface area is 103 Å². The molecule has 3 rings (SSSR count). The molecular formula is C13H22N4. The number of aryl methyl sites for hydroxylation is 1. The van der Waals surface area contributed by atoms with Crippen molar-refractivity contribution in [2.45, 2.75) is 56.8 Å². The summed E-state index contributed by atoms with van der Waals surface area (Å²) in [4.78, 5) is 6.78. The van der Waals surface area contributed by atoms with Gasteiger partial charge in [-0.05, 0) is 32.1 Å². The van der Waals surface area contributed by atoms with Gasteiger partial charge in [0.1, 0.15) is 0 Å². The van der Waals surface area contributed by atoms with Crippen LogP contribution in [0.1, 0.15) is 32.1 Å². The van der Waals surface area contributed by atoms with Gasteiger partial charge in [-0.25, -0.2) is 4.98 Å². The van der Waals surface area contributed by atoms with Gasteiger partial charge < -0.3 is 10.3 Å². The van der Waals surface area contributed by atoms with Crippen molar-refractivity contribution in [1.29, 1.82) is 0 Å². The number of imidazole rings is 1. The van der Waals surface area contributed by atoms with Gasteiger partial charge in [0, 0.05) is 43.6 Å². The standard InChI is InChI=1S/C13H22N4/c14-11-8-12-2-3-13(9-11)17(12)6-1-5-16-7-4-15-10-16/h4,7,10-13H,1-3,5-6,8-9,14H2. The van der Waals surface area contributed by atoms with E-state index < -0.39 is 0 Å². The molecule has 2 fully saturated rings. The molecule has 1 aromatic rings. The summed E-state index contributed by atoms with van der Waals surface area (Å²) in [5.74, 6) is 0. The van der Waals surface area contributed by atoms with Gasteiger partial charge in [-0.2, -0.15) is 0 Å². The van der Waals surface area contributed by atoms with Crippen LogP contribution in [-0.4, -0.2) is 39.1 Å². The Morgan fingerprint density at radius 2 is 1.94 bits per heavy atom. The summed E-state index contributed by atoms with van der Waals surface area (Å²) in [5.41, 5.74) is 6.08. The molecule has 2 N–H and O–H groups in total. The van der Waals surface area contributed by atoms with Crippen LogP contribution in [0, 0.1) is 0 Å². The van der Waals surface area contributed by atoms with E-state index in [1.54, 1.807) is 0 Å². The molecule has 0 aliphatic carbocycles. The summed E-state index contributed by atoms with van der Waals surface area (Å²) in [6, 6.07) is 2.00. The van der Waals surface area contributed by atoms with Crippen molar-refractivity contribution in [2.75, 3.05) is 6.54 Å². The SMILES string of the molecule is NC1CC2CCC(C1)N2CCCn1ccnc1. The molecule has 4 nitrogen and oxygen atoms in total. The molecule has 2 atom stereocenters. The third-order valence-electron chi connectivity index (χ3n) is 4.31. The van der Waals surface area contributed by atoms with Crippen LogP contribution in [0.5, 0.6) is 0 Å². The zero-order valence-corrected chi connectivity index (χ0v) is 10.3. The average Bonchev–Trinajstić information content (AvgIpc) is 2.88. The van der Waals surface area contributed by atoms with E-state index in [-0.39, 0.29) is 0 Å². The highest BCUT2D eigenvalue weighted by Crippen LogP contribution is 2.34. The minimum atomic E-state index is 0.456. The first-order chi connectivity index (χ1) is 8.33. The van der Waals surface area contributed by atoms with Crippen LogP contribution >= 0.6 is 0 Å². The Kier molecular flexibility index (Phi) is 3.16. The van der Waals surface area contributed by atoms with E-state index in [1.807, 2.05) is 18.7 Å². The molecule has 2 unspecified atom stereocenters. The first-order valence-corrected chi connectivity index (χ1v) is 6.80. The largest absolute Gasteiger partial charge is 0.337 e. The van der Waals surface area contributed by atoms with Crippen molar-refractivity contribution in [3.05, 3.63) is 18.7 Å². The van der Waals surface area contributed by atoms with E-state index in [1.165, 1.54) is 38.6 Å². The summed E-state index contributed by atoms with van der Waals surface area (Å²) in [7, 11) is 0. The van der Waals surface area contributed by atoms with E-state index in [0.29, 0.717) is 6.04 Å². The predicted molar refractivity (Wildman–Crippen MR) is 67.6 cm³/mol. The lowest BCUT2D eigenvalue weighted by atomic mass is 9.98. The zero-order valence-electron chi connectivity index (χ0n) is 10.3. The van der Waals surface area contributed by atoms with Crippen molar-refractivity contribution < 1.29 is 0 Å². The number of nitrogens with zero attached hydrogens (tertiary/aromatic N) is 3. The van der Waals surface area contributed by atoms with Crippen LogP contribution in [0.25, 0.3) is 0 Å².